The minimum absolute atomic E-state index is 0.388. The van der Waals surface area contributed by atoms with E-state index in [0.717, 1.165) is 5.75 Å². The SMILES string of the molecule is COc1ccc(C2CC3(CCCC3)c3c2[nH]c2ccccc32)cc1. The third kappa shape index (κ3) is 1.89. The van der Waals surface area contributed by atoms with Gasteiger partial charge in [-0.2, -0.15) is 0 Å². The number of hydrogen-bond acceptors (Lipinski definition) is 1. The third-order valence-electron chi connectivity index (χ3n) is 6.29. The largest absolute Gasteiger partial charge is 0.497 e. The van der Waals surface area contributed by atoms with E-state index in [2.05, 4.69) is 53.5 Å². The lowest BCUT2D eigenvalue weighted by Crippen LogP contribution is -2.18. The van der Waals surface area contributed by atoms with E-state index < -0.39 is 0 Å². The molecule has 1 N–H and O–H groups in total. The zero-order chi connectivity index (χ0) is 16.1. The number of nitrogens with one attached hydrogen (secondary N) is 1. The summed E-state index contributed by atoms with van der Waals surface area (Å²) >= 11 is 0. The van der Waals surface area contributed by atoms with Crippen molar-refractivity contribution in [3.8, 4) is 5.75 Å². The average molecular weight is 317 g/mol. The molecule has 1 fully saturated rings. The van der Waals surface area contributed by atoms with Gasteiger partial charge in [-0.05, 0) is 54.0 Å². The number of H-pyrrole nitrogens is 1. The molecule has 2 heteroatoms. The number of aromatic nitrogens is 1. The van der Waals surface area contributed by atoms with Crippen LogP contribution in [0, 0.1) is 0 Å². The van der Waals surface area contributed by atoms with Crippen molar-refractivity contribution in [3.63, 3.8) is 0 Å². The first-order valence-electron chi connectivity index (χ1n) is 9.06. The van der Waals surface area contributed by atoms with Gasteiger partial charge < -0.3 is 9.72 Å². The molecule has 2 aliphatic carbocycles. The lowest BCUT2D eigenvalue weighted by atomic mass is 9.78. The van der Waals surface area contributed by atoms with Gasteiger partial charge in [-0.1, -0.05) is 43.2 Å². The second-order valence-electron chi connectivity index (χ2n) is 7.48. The van der Waals surface area contributed by atoms with Crippen LogP contribution in [0.25, 0.3) is 10.9 Å². The van der Waals surface area contributed by atoms with Crippen LogP contribution in [0.5, 0.6) is 5.75 Å². The van der Waals surface area contributed by atoms with Gasteiger partial charge in [0.15, 0.2) is 0 Å². The van der Waals surface area contributed by atoms with E-state index in [1.54, 1.807) is 12.7 Å². The molecule has 5 rings (SSSR count). The van der Waals surface area contributed by atoms with E-state index in [4.69, 9.17) is 4.74 Å². The zero-order valence-electron chi connectivity index (χ0n) is 14.1. The Labute approximate surface area is 142 Å². The summed E-state index contributed by atoms with van der Waals surface area (Å²) in [4.78, 5) is 3.77. The van der Waals surface area contributed by atoms with E-state index in [1.165, 1.54) is 54.3 Å². The maximum Gasteiger partial charge on any atom is 0.118 e. The molecule has 122 valence electrons. The quantitative estimate of drug-likeness (QED) is 0.661. The fraction of sp³-hybridized carbons (Fsp3) is 0.364. The van der Waals surface area contributed by atoms with Crippen molar-refractivity contribution in [1.29, 1.82) is 0 Å². The Kier molecular flexibility index (Phi) is 3.03. The van der Waals surface area contributed by atoms with E-state index >= 15 is 0 Å². The van der Waals surface area contributed by atoms with Crippen LogP contribution < -0.4 is 4.74 Å². The minimum Gasteiger partial charge on any atom is -0.497 e. The molecule has 1 saturated carbocycles. The summed E-state index contributed by atoms with van der Waals surface area (Å²) in [5, 5.41) is 1.45. The predicted molar refractivity (Wildman–Crippen MR) is 97.9 cm³/mol. The summed E-state index contributed by atoms with van der Waals surface area (Å²) in [7, 11) is 1.73. The summed E-state index contributed by atoms with van der Waals surface area (Å²) in [6.07, 6.45) is 6.68. The van der Waals surface area contributed by atoms with Gasteiger partial charge >= 0.3 is 0 Å². The average Bonchev–Trinajstić information content (AvgIpc) is 3.31. The normalized spacial score (nSPS) is 21.5. The van der Waals surface area contributed by atoms with Gasteiger partial charge in [0.25, 0.3) is 0 Å². The lowest BCUT2D eigenvalue weighted by molar-refractivity contribution is 0.413. The molecule has 24 heavy (non-hydrogen) atoms. The maximum absolute atomic E-state index is 5.33. The van der Waals surface area contributed by atoms with Crippen molar-refractivity contribution in [2.24, 2.45) is 0 Å². The number of methoxy groups -OCH3 is 1. The van der Waals surface area contributed by atoms with Crippen LogP contribution in [-0.2, 0) is 5.41 Å². The number of ether oxygens (including phenoxy) is 1. The van der Waals surface area contributed by atoms with Crippen LogP contribution in [0.3, 0.4) is 0 Å². The molecule has 1 aromatic heterocycles. The summed E-state index contributed by atoms with van der Waals surface area (Å²) in [5.41, 5.74) is 6.18. The molecule has 1 atom stereocenters. The Balaban J connectivity index is 1.69. The molecule has 0 saturated heterocycles. The fourth-order valence-corrected chi connectivity index (χ4v) is 5.22. The first-order chi connectivity index (χ1) is 11.8. The monoisotopic (exact) mass is 317 g/mol. The van der Waals surface area contributed by atoms with Crippen LogP contribution in [0.2, 0.25) is 0 Å². The molecule has 0 amide bonds. The van der Waals surface area contributed by atoms with Crippen molar-refractivity contribution in [1.82, 2.24) is 4.98 Å². The zero-order valence-corrected chi connectivity index (χ0v) is 14.1. The van der Waals surface area contributed by atoms with Crippen LogP contribution >= 0.6 is 0 Å². The molecule has 2 aliphatic rings. The van der Waals surface area contributed by atoms with Gasteiger partial charge in [0, 0.05) is 22.5 Å². The van der Waals surface area contributed by atoms with Gasteiger partial charge in [-0.15, -0.1) is 0 Å². The number of aromatic amines is 1. The minimum atomic E-state index is 0.388. The smallest absolute Gasteiger partial charge is 0.118 e. The van der Waals surface area contributed by atoms with Crippen LogP contribution in [-0.4, -0.2) is 12.1 Å². The fourth-order valence-electron chi connectivity index (χ4n) is 5.22. The van der Waals surface area contributed by atoms with Crippen molar-refractivity contribution >= 4 is 10.9 Å². The Bertz CT molecular complexity index is 884. The molecular weight excluding hydrogens is 294 g/mol. The van der Waals surface area contributed by atoms with Gasteiger partial charge in [-0.25, -0.2) is 0 Å². The van der Waals surface area contributed by atoms with Crippen molar-refractivity contribution in [2.45, 2.75) is 43.4 Å². The van der Waals surface area contributed by atoms with Crippen LogP contribution in [0.4, 0.5) is 0 Å². The molecule has 1 unspecified atom stereocenters. The molecular formula is C22H23NO. The number of para-hydroxylation sites is 1. The molecule has 0 bridgehead atoms. The first-order valence-corrected chi connectivity index (χ1v) is 9.06. The molecule has 1 spiro atoms. The highest BCUT2D eigenvalue weighted by atomic mass is 16.5. The second kappa shape index (κ2) is 5.14. The number of rotatable bonds is 2. The standard InChI is InChI=1S/C22H23NO/c1-24-16-10-8-15(9-11-16)18-14-22(12-4-5-13-22)20-17-6-2-3-7-19(17)23-21(18)20/h2-3,6-11,18,23H,4-5,12-14H2,1H3. The van der Waals surface area contributed by atoms with Crippen molar-refractivity contribution in [3.05, 3.63) is 65.4 Å². The molecule has 3 aromatic rings. The van der Waals surface area contributed by atoms with Crippen LogP contribution in [0.15, 0.2) is 48.5 Å². The highest BCUT2D eigenvalue weighted by molar-refractivity contribution is 5.87. The summed E-state index contributed by atoms with van der Waals surface area (Å²) in [5.74, 6) is 1.42. The Morgan fingerprint density at radius 2 is 1.75 bits per heavy atom. The van der Waals surface area contributed by atoms with Gasteiger partial charge in [0.05, 0.1) is 7.11 Å². The summed E-state index contributed by atoms with van der Waals surface area (Å²) in [6.45, 7) is 0. The summed E-state index contributed by atoms with van der Waals surface area (Å²) in [6, 6.07) is 17.5. The van der Waals surface area contributed by atoms with Gasteiger partial charge in [0.2, 0.25) is 0 Å². The van der Waals surface area contributed by atoms with E-state index in [-0.39, 0.29) is 0 Å². The molecule has 0 aliphatic heterocycles. The maximum atomic E-state index is 5.33. The first kappa shape index (κ1) is 14.2. The molecule has 2 aromatic carbocycles. The summed E-state index contributed by atoms with van der Waals surface area (Å²) < 4.78 is 5.33. The molecule has 1 heterocycles. The Morgan fingerprint density at radius 3 is 2.50 bits per heavy atom. The topological polar surface area (TPSA) is 25.0 Å². The van der Waals surface area contributed by atoms with Crippen LogP contribution in [0.1, 0.15) is 54.8 Å². The van der Waals surface area contributed by atoms with Crippen molar-refractivity contribution in [2.75, 3.05) is 7.11 Å². The second-order valence-corrected chi connectivity index (χ2v) is 7.48. The third-order valence-corrected chi connectivity index (χ3v) is 6.29. The molecule has 2 nitrogen and oxygen atoms in total. The van der Waals surface area contributed by atoms with E-state index in [1.807, 2.05) is 0 Å². The number of hydrogen-bond donors (Lipinski definition) is 1. The highest BCUT2D eigenvalue weighted by Gasteiger charge is 2.47. The van der Waals surface area contributed by atoms with Crippen molar-refractivity contribution < 1.29 is 4.74 Å². The molecule has 0 radical (unpaired) electrons. The number of fused-ring (bicyclic) bond motifs is 4. The lowest BCUT2D eigenvalue weighted by Gasteiger charge is -2.25. The highest BCUT2D eigenvalue weighted by Crippen LogP contribution is 2.58. The van der Waals surface area contributed by atoms with E-state index in [9.17, 15) is 0 Å². The predicted octanol–water partition coefficient (Wildman–Crippen LogP) is 5.52. The van der Waals surface area contributed by atoms with Gasteiger partial charge in [0.1, 0.15) is 5.75 Å². The Morgan fingerprint density at radius 1 is 1.00 bits per heavy atom. The Hall–Kier alpha value is -2.22. The van der Waals surface area contributed by atoms with Gasteiger partial charge in [-0.3, -0.25) is 0 Å². The van der Waals surface area contributed by atoms with E-state index in [0.29, 0.717) is 11.3 Å². The number of benzene rings is 2.